The molecule has 0 bridgehead atoms. The van der Waals surface area contributed by atoms with Crippen LogP contribution in [0.4, 0.5) is 11.5 Å². The minimum atomic E-state index is -0.239. The van der Waals surface area contributed by atoms with Gasteiger partial charge in [-0.25, -0.2) is 4.98 Å². The topological polar surface area (TPSA) is 45.7 Å². The normalized spacial score (nSPS) is 20.4. The van der Waals surface area contributed by atoms with Gasteiger partial charge in [-0.1, -0.05) is 18.2 Å². The lowest BCUT2D eigenvalue weighted by Crippen LogP contribution is -2.57. The van der Waals surface area contributed by atoms with E-state index in [4.69, 9.17) is 4.74 Å². The van der Waals surface area contributed by atoms with Crippen molar-refractivity contribution in [1.82, 2.24) is 4.98 Å². The summed E-state index contributed by atoms with van der Waals surface area (Å²) in [4.78, 5) is 21.7. The molecular weight excluding hydrogens is 338 g/mol. The lowest BCUT2D eigenvalue weighted by Gasteiger charge is -2.47. The highest BCUT2D eigenvalue weighted by molar-refractivity contribution is 6.07. The van der Waals surface area contributed by atoms with Crippen molar-refractivity contribution < 1.29 is 9.53 Å². The summed E-state index contributed by atoms with van der Waals surface area (Å²) >= 11 is 0. The number of anilines is 2. The van der Waals surface area contributed by atoms with E-state index in [1.165, 1.54) is 5.56 Å². The first-order valence-corrected chi connectivity index (χ1v) is 9.55. The van der Waals surface area contributed by atoms with Crippen LogP contribution in [0.25, 0.3) is 0 Å². The van der Waals surface area contributed by atoms with Crippen LogP contribution in [0.15, 0.2) is 42.6 Å². The number of ether oxygens (including phenoxy) is 1. The van der Waals surface area contributed by atoms with Crippen LogP contribution in [0.3, 0.4) is 0 Å². The van der Waals surface area contributed by atoms with E-state index in [0.717, 1.165) is 37.6 Å². The van der Waals surface area contributed by atoms with Gasteiger partial charge in [0.1, 0.15) is 5.82 Å². The third kappa shape index (κ3) is 3.56. The molecule has 5 heteroatoms. The number of rotatable bonds is 2. The molecule has 1 aromatic carbocycles. The van der Waals surface area contributed by atoms with E-state index in [0.29, 0.717) is 5.56 Å². The third-order valence-corrected chi connectivity index (χ3v) is 5.15. The zero-order chi connectivity index (χ0) is 19.2. The molecule has 27 heavy (non-hydrogen) atoms. The average molecular weight is 365 g/mol. The van der Waals surface area contributed by atoms with Gasteiger partial charge < -0.3 is 14.5 Å². The average Bonchev–Trinajstić information content (AvgIpc) is 3.03. The zero-order valence-electron chi connectivity index (χ0n) is 16.5. The van der Waals surface area contributed by atoms with Gasteiger partial charge in [-0.15, -0.1) is 0 Å². The summed E-state index contributed by atoms with van der Waals surface area (Å²) in [5.41, 5.74) is 2.40. The number of carbonyl (C=O) groups excluding carboxylic acids is 1. The Balaban J connectivity index is 1.54. The van der Waals surface area contributed by atoms with E-state index in [1.807, 2.05) is 35.2 Å². The molecule has 2 aliphatic heterocycles. The van der Waals surface area contributed by atoms with Crippen molar-refractivity contribution >= 4 is 17.4 Å². The molecule has 5 nitrogen and oxygen atoms in total. The van der Waals surface area contributed by atoms with Gasteiger partial charge in [0, 0.05) is 31.5 Å². The summed E-state index contributed by atoms with van der Waals surface area (Å²) in [6.07, 6.45) is 2.61. The van der Waals surface area contributed by atoms with E-state index in [1.54, 1.807) is 6.20 Å². The Morgan fingerprint density at radius 3 is 2.41 bits per heavy atom. The van der Waals surface area contributed by atoms with E-state index >= 15 is 0 Å². The Morgan fingerprint density at radius 2 is 1.74 bits per heavy atom. The summed E-state index contributed by atoms with van der Waals surface area (Å²) < 4.78 is 6.15. The zero-order valence-corrected chi connectivity index (χ0v) is 16.5. The number of carbonyl (C=O) groups is 1. The Hall–Kier alpha value is -2.40. The van der Waals surface area contributed by atoms with Crippen molar-refractivity contribution in [3.05, 3.63) is 53.7 Å². The summed E-state index contributed by atoms with van der Waals surface area (Å²) in [6.45, 7) is 10.7. The van der Waals surface area contributed by atoms with Crippen LogP contribution in [0.5, 0.6) is 0 Å². The maximum atomic E-state index is 13.0. The molecule has 2 aliphatic rings. The summed E-state index contributed by atoms with van der Waals surface area (Å²) in [6, 6.07) is 11.9. The molecule has 0 saturated carbocycles. The molecule has 0 atom stereocenters. The number of aromatic nitrogens is 1. The van der Waals surface area contributed by atoms with Crippen molar-refractivity contribution in [3.8, 4) is 0 Å². The molecule has 3 heterocycles. The highest BCUT2D eigenvalue weighted by Gasteiger charge is 2.38. The van der Waals surface area contributed by atoms with Crippen molar-refractivity contribution in [2.24, 2.45) is 0 Å². The van der Waals surface area contributed by atoms with Crippen LogP contribution in [0, 0.1) is 0 Å². The van der Waals surface area contributed by atoms with Gasteiger partial charge in [-0.3, -0.25) is 4.79 Å². The first-order valence-electron chi connectivity index (χ1n) is 9.55. The van der Waals surface area contributed by atoms with Gasteiger partial charge in [0.05, 0.1) is 16.8 Å². The quantitative estimate of drug-likeness (QED) is 0.814. The predicted octanol–water partition coefficient (Wildman–Crippen LogP) is 3.68. The Kier molecular flexibility index (Phi) is 4.22. The lowest BCUT2D eigenvalue weighted by atomic mass is 9.99. The molecule has 2 aromatic rings. The fourth-order valence-electron chi connectivity index (χ4n) is 4.35. The van der Waals surface area contributed by atoms with E-state index in [2.05, 4.69) is 43.6 Å². The second kappa shape index (κ2) is 6.34. The van der Waals surface area contributed by atoms with Crippen LogP contribution >= 0.6 is 0 Å². The second-order valence-corrected chi connectivity index (χ2v) is 8.72. The van der Waals surface area contributed by atoms with E-state index in [-0.39, 0.29) is 17.1 Å². The molecule has 0 N–H and O–H groups in total. The van der Waals surface area contributed by atoms with Gasteiger partial charge in [0.15, 0.2) is 0 Å². The second-order valence-electron chi connectivity index (χ2n) is 8.72. The predicted molar refractivity (Wildman–Crippen MR) is 108 cm³/mol. The van der Waals surface area contributed by atoms with Gasteiger partial charge in [-0.2, -0.15) is 0 Å². The van der Waals surface area contributed by atoms with Crippen LogP contribution in [0.2, 0.25) is 0 Å². The van der Waals surface area contributed by atoms with Crippen molar-refractivity contribution in [1.29, 1.82) is 0 Å². The number of morpholine rings is 1. The number of pyridine rings is 1. The van der Waals surface area contributed by atoms with E-state index < -0.39 is 0 Å². The minimum Gasteiger partial charge on any atom is -0.366 e. The molecule has 4 rings (SSSR count). The number of hydrogen-bond acceptors (Lipinski definition) is 4. The van der Waals surface area contributed by atoms with Crippen LogP contribution in [-0.2, 0) is 11.2 Å². The molecule has 1 aromatic heterocycles. The van der Waals surface area contributed by atoms with Crippen molar-refractivity contribution in [2.75, 3.05) is 29.4 Å². The van der Waals surface area contributed by atoms with Crippen LogP contribution in [-0.4, -0.2) is 41.7 Å². The Morgan fingerprint density at radius 1 is 1.04 bits per heavy atom. The first kappa shape index (κ1) is 18.0. The molecule has 0 unspecified atom stereocenters. The van der Waals surface area contributed by atoms with Gasteiger partial charge >= 0.3 is 0 Å². The number of nitrogens with zero attached hydrogens (tertiary/aromatic N) is 3. The van der Waals surface area contributed by atoms with E-state index in [9.17, 15) is 4.79 Å². The number of benzene rings is 1. The first-order chi connectivity index (χ1) is 12.7. The highest BCUT2D eigenvalue weighted by atomic mass is 16.5. The number of hydrogen-bond donors (Lipinski definition) is 0. The van der Waals surface area contributed by atoms with Crippen molar-refractivity contribution in [3.63, 3.8) is 0 Å². The molecule has 1 fully saturated rings. The van der Waals surface area contributed by atoms with Gasteiger partial charge in [0.2, 0.25) is 0 Å². The standard InChI is InChI=1S/C22H27N3O2/c1-21(2)14-24(15-22(3,4)27-21)19-10-9-17(13-23-19)20(26)25-12-11-16-7-5-6-8-18(16)25/h5-10,13H,11-12,14-15H2,1-4H3. The molecule has 0 aliphatic carbocycles. The lowest BCUT2D eigenvalue weighted by molar-refractivity contribution is -0.133. The number of fused-ring (bicyclic) bond motifs is 1. The summed E-state index contributed by atoms with van der Waals surface area (Å²) in [7, 11) is 0. The van der Waals surface area contributed by atoms with Gasteiger partial charge in [-0.05, 0) is 57.9 Å². The van der Waals surface area contributed by atoms with Crippen LogP contribution in [0.1, 0.15) is 43.6 Å². The Labute approximate surface area is 161 Å². The fraction of sp³-hybridized carbons (Fsp3) is 0.455. The maximum Gasteiger partial charge on any atom is 0.259 e. The summed E-state index contributed by atoms with van der Waals surface area (Å²) in [5, 5.41) is 0. The minimum absolute atomic E-state index is 0.0154. The smallest absolute Gasteiger partial charge is 0.259 e. The SMILES string of the molecule is CC1(C)CN(c2ccc(C(=O)N3CCc4ccccc43)cn2)CC(C)(C)O1. The largest absolute Gasteiger partial charge is 0.366 e. The Bertz CT molecular complexity index is 842. The molecule has 142 valence electrons. The number of para-hydroxylation sites is 1. The molecule has 1 amide bonds. The van der Waals surface area contributed by atoms with Gasteiger partial charge in [0.25, 0.3) is 5.91 Å². The monoisotopic (exact) mass is 365 g/mol. The number of amides is 1. The molecular formula is C22H27N3O2. The molecule has 0 radical (unpaired) electrons. The third-order valence-electron chi connectivity index (χ3n) is 5.15. The highest BCUT2D eigenvalue weighted by Crippen LogP contribution is 2.31. The molecule has 1 saturated heterocycles. The maximum absolute atomic E-state index is 13.0. The molecule has 0 spiro atoms. The van der Waals surface area contributed by atoms with Crippen molar-refractivity contribution in [2.45, 2.75) is 45.3 Å². The summed E-state index contributed by atoms with van der Waals surface area (Å²) in [5.74, 6) is 0.902. The van der Waals surface area contributed by atoms with Crippen LogP contribution < -0.4 is 9.80 Å². The fourth-order valence-corrected chi connectivity index (χ4v) is 4.35.